The van der Waals surface area contributed by atoms with Crippen molar-refractivity contribution in [2.45, 2.75) is 72.8 Å². The van der Waals surface area contributed by atoms with Crippen LogP contribution in [0.2, 0.25) is 0 Å². The van der Waals surface area contributed by atoms with Gasteiger partial charge in [0, 0.05) is 44.3 Å². The smallest absolute Gasteiger partial charge is 0.410 e. The summed E-state index contributed by atoms with van der Waals surface area (Å²) in [5.74, 6) is -0.161. The van der Waals surface area contributed by atoms with Gasteiger partial charge in [-0.3, -0.25) is 15.7 Å². The molecule has 0 spiro atoms. The summed E-state index contributed by atoms with van der Waals surface area (Å²) in [6.45, 7) is 14.1. The highest BCUT2D eigenvalue weighted by Gasteiger charge is 2.29. The average Bonchev–Trinajstić information content (AvgIpc) is 2.64. The maximum Gasteiger partial charge on any atom is 0.410 e. The van der Waals surface area contributed by atoms with Crippen LogP contribution in [0.15, 0.2) is 12.1 Å². The van der Waals surface area contributed by atoms with E-state index in [0.717, 1.165) is 42.0 Å². The molecule has 0 aliphatic carbocycles. The van der Waals surface area contributed by atoms with E-state index in [0.29, 0.717) is 6.54 Å². The van der Waals surface area contributed by atoms with Gasteiger partial charge in [-0.2, -0.15) is 0 Å². The molecular weight excluding hydrogens is 410 g/mol. The molecule has 0 saturated carbocycles. The first-order valence-electron chi connectivity index (χ1n) is 11.0. The number of aliphatic hydroxyl groups excluding tert-OH is 1. The summed E-state index contributed by atoms with van der Waals surface area (Å²) >= 11 is 0. The monoisotopic (exact) mass is 447 g/mol. The molecule has 0 unspecified atom stereocenters. The fourth-order valence-corrected chi connectivity index (χ4v) is 3.77. The van der Waals surface area contributed by atoms with E-state index in [1.165, 1.54) is 0 Å². The number of aryl methyl sites for hydroxylation is 1. The van der Waals surface area contributed by atoms with Crippen LogP contribution >= 0.6 is 0 Å². The number of amidine groups is 1. The van der Waals surface area contributed by atoms with E-state index >= 15 is 0 Å². The number of anilines is 1. The number of hydrogen-bond donors (Lipinski definition) is 4. The number of piperazine rings is 1. The second-order valence-corrected chi connectivity index (χ2v) is 8.84. The van der Waals surface area contributed by atoms with Crippen molar-refractivity contribution in [3.63, 3.8) is 0 Å². The van der Waals surface area contributed by atoms with Gasteiger partial charge in [-0.1, -0.05) is 6.07 Å². The molecule has 0 aromatic heterocycles. The van der Waals surface area contributed by atoms with Crippen LogP contribution < -0.4 is 5.32 Å². The van der Waals surface area contributed by atoms with E-state index in [2.05, 4.69) is 16.3 Å². The molecule has 1 saturated heterocycles. The minimum atomic E-state index is -0.697. The normalized spacial score (nSPS) is 17.8. The predicted molar refractivity (Wildman–Crippen MR) is 125 cm³/mol. The van der Waals surface area contributed by atoms with E-state index in [1.807, 2.05) is 40.7 Å². The Hall–Kier alpha value is -2.65. The maximum absolute atomic E-state index is 12.3. The van der Waals surface area contributed by atoms with Crippen LogP contribution in [0.5, 0.6) is 0 Å². The number of carbonyl (C=O) groups excluding carboxylic acids is 1. The summed E-state index contributed by atoms with van der Waals surface area (Å²) in [6.07, 6.45) is -1.04. The number of aliphatic hydroxyl groups is 1. The summed E-state index contributed by atoms with van der Waals surface area (Å²) in [7, 11) is 0. The number of nitrogens with zero attached hydrogens (tertiary/aromatic N) is 2. The highest BCUT2D eigenvalue weighted by Crippen LogP contribution is 2.24. The fourth-order valence-electron chi connectivity index (χ4n) is 3.77. The molecule has 1 heterocycles. The number of nitrogens with one attached hydrogen (secondary N) is 3. The Morgan fingerprint density at radius 3 is 2.53 bits per heavy atom. The Bertz CT molecular complexity index is 840. The highest BCUT2D eigenvalue weighted by atomic mass is 16.6. The van der Waals surface area contributed by atoms with Gasteiger partial charge in [0.25, 0.3) is 6.02 Å². The molecule has 1 aromatic carbocycles. The number of ether oxygens (including phenoxy) is 2. The average molecular weight is 448 g/mol. The van der Waals surface area contributed by atoms with Gasteiger partial charge >= 0.3 is 6.09 Å². The molecule has 0 radical (unpaired) electrons. The number of amides is 1. The maximum atomic E-state index is 12.3. The van der Waals surface area contributed by atoms with Crippen molar-refractivity contribution in [2.75, 3.05) is 25.0 Å². The number of hydrogen-bond acceptors (Lipinski definition) is 7. The van der Waals surface area contributed by atoms with Crippen LogP contribution in [0.3, 0.4) is 0 Å². The largest absolute Gasteiger partial charge is 0.447 e. The lowest BCUT2D eigenvalue weighted by Gasteiger charge is -2.39. The van der Waals surface area contributed by atoms with Crippen LogP contribution in [0.1, 0.15) is 50.8 Å². The third-order valence-corrected chi connectivity index (χ3v) is 5.29. The van der Waals surface area contributed by atoms with Gasteiger partial charge in [-0.15, -0.1) is 0 Å². The summed E-state index contributed by atoms with van der Waals surface area (Å²) in [4.78, 5) is 16.4. The first kappa shape index (κ1) is 25.6. The van der Waals surface area contributed by atoms with Crippen molar-refractivity contribution in [1.82, 2.24) is 9.80 Å². The molecule has 32 heavy (non-hydrogen) atoms. The number of rotatable bonds is 6. The Balaban J connectivity index is 2.03. The van der Waals surface area contributed by atoms with Gasteiger partial charge in [0.1, 0.15) is 0 Å². The molecule has 2 rings (SSSR count). The van der Waals surface area contributed by atoms with Gasteiger partial charge in [-0.25, -0.2) is 4.79 Å². The van der Waals surface area contributed by atoms with Crippen molar-refractivity contribution in [1.29, 1.82) is 10.8 Å². The van der Waals surface area contributed by atoms with Gasteiger partial charge < -0.3 is 24.8 Å². The molecule has 1 aromatic rings. The van der Waals surface area contributed by atoms with Gasteiger partial charge in [-0.05, 0) is 64.3 Å². The van der Waals surface area contributed by atoms with E-state index in [9.17, 15) is 9.90 Å². The standard InChI is InChI=1S/C23H37N5O4/c1-14(2)31-23(30)28-8-7-27(12-16(28)4)13-19-9-15(3)10-20(18(19)6)26-22(25)32-21(24)11-17(5)29/h9-10,14,16-17,24,29H,7-8,11-13H2,1-6H3,(H2,25,26)/t16-,17-/m0/s1. The molecule has 9 nitrogen and oxygen atoms in total. The molecule has 1 aliphatic rings. The lowest BCUT2D eigenvalue weighted by molar-refractivity contribution is 0.0349. The molecule has 4 N–H and O–H groups in total. The van der Waals surface area contributed by atoms with Crippen molar-refractivity contribution in [2.24, 2.45) is 0 Å². The van der Waals surface area contributed by atoms with Crippen LogP contribution in [0, 0.1) is 24.7 Å². The zero-order chi connectivity index (χ0) is 24.0. The Kier molecular flexibility index (Phi) is 9.03. The molecule has 178 valence electrons. The van der Waals surface area contributed by atoms with Crippen molar-refractivity contribution < 1.29 is 19.4 Å². The van der Waals surface area contributed by atoms with E-state index in [4.69, 9.17) is 20.3 Å². The Morgan fingerprint density at radius 2 is 1.94 bits per heavy atom. The second kappa shape index (κ2) is 11.3. The van der Waals surface area contributed by atoms with E-state index in [1.54, 1.807) is 11.8 Å². The van der Waals surface area contributed by atoms with Crippen LogP contribution in [0.4, 0.5) is 10.5 Å². The molecule has 1 amide bonds. The number of benzene rings is 1. The molecule has 1 aliphatic heterocycles. The topological polar surface area (TPSA) is 122 Å². The van der Waals surface area contributed by atoms with E-state index in [-0.39, 0.29) is 36.6 Å². The summed E-state index contributed by atoms with van der Waals surface area (Å²) in [6, 6.07) is 3.88. The molecule has 1 fully saturated rings. The summed E-state index contributed by atoms with van der Waals surface area (Å²) < 4.78 is 10.5. The minimum absolute atomic E-state index is 0.0526. The third-order valence-electron chi connectivity index (χ3n) is 5.29. The lowest BCUT2D eigenvalue weighted by atomic mass is 10.0. The predicted octanol–water partition coefficient (Wildman–Crippen LogP) is 3.47. The third kappa shape index (κ3) is 7.49. The molecular formula is C23H37N5O4. The van der Waals surface area contributed by atoms with Gasteiger partial charge in [0.05, 0.1) is 12.2 Å². The minimum Gasteiger partial charge on any atom is -0.447 e. The zero-order valence-electron chi connectivity index (χ0n) is 20.0. The molecule has 0 bridgehead atoms. The van der Waals surface area contributed by atoms with Crippen molar-refractivity contribution >= 4 is 23.7 Å². The fraction of sp³-hybridized carbons (Fsp3) is 0.609. The second-order valence-electron chi connectivity index (χ2n) is 8.84. The number of carbonyl (C=O) groups is 1. The van der Waals surface area contributed by atoms with Crippen molar-refractivity contribution in [3.05, 3.63) is 28.8 Å². The first-order valence-corrected chi connectivity index (χ1v) is 11.0. The Morgan fingerprint density at radius 1 is 1.25 bits per heavy atom. The SMILES string of the molecule is Cc1cc(CN2CCN(C(=O)OC(C)C)[C@@H](C)C2)c(C)c(NC(=N)OC(=N)C[C@H](C)O)c1. The zero-order valence-corrected chi connectivity index (χ0v) is 20.0. The quantitative estimate of drug-likeness (QED) is 0.391. The lowest BCUT2D eigenvalue weighted by Crippen LogP contribution is -2.54. The van der Waals surface area contributed by atoms with Crippen LogP contribution in [0.25, 0.3) is 0 Å². The van der Waals surface area contributed by atoms with Gasteiger partial charge in [0.2, 0.25) is 0 Å². The summed E-state index contributed by atoms with van der Waals surface area (Å²) in [5, 5.41) is 28.0. The van der Waals surface area contributed by atoms with Crippen molar-refractivity contribution in [3.8, 4) is 0 Å². The first-order chi connectivity index (χ1) is 15.0. The van der Waals surface area contributed by atoms with E-state index < -0.39 is 6.10 Å². The molecule has 9 heteroatoms. The van der Waals surface area contributed by atoms with Crippen LogP contribution in [-0.2, 0) is 16.0 Å². The Labute approximate surface area is 190 Å². The van der Waals surface area contributed by atoms with Crippen LogP contribution in [-0.4, -0.2) is 70.8 Å². The van der Waals surface area contributed by atoms with Gasteiger partial charge in [0.15, 0.2) is 5.90 Å². The highest BCUT2D eigenvalue weighted by molar-refractivity contribution is 5.96. The summed E-state index contributed by atoms with van der Waals surface area (Å²) in [5.41, 5.74) is 3.93. The molecule has 2 atom stereocenters.